The van der Waals surface area contributed by atoms with E-state index in [2.05, 4.69) is 36.5 Å². The van der Waals surface area contributed by atoms with Crippen LogP contribution in [0, 0.1) is 33.7 Å². The molecule has 29 heavy (non-hydrogen) atoms. The lowest BCUT2D eigenvalue weighted by Crippen LogP contribution is -2.55. The van der Waals surface area contributed by atoms with Crippen molar-refractivity contribution in [3.05, 3.63) is 44.9 Å². The van der Waals surface area contributed by atoms with Crippen LogP contribution in [0.3, 0.4) is 0 Å². The Hall–Kier alpha value is -2.29. The number of anilines is 3. The van der Waals surface area contributed by atoms with Gasteiger partial charge in [-0.25, -0.2) is 14.4 Å². The molecule has 4 aliphatic carbocycles. The SMILES string of the molecule is O=[N+]([O-])c1c(Nc2ccc(Br)cc2F)ncnc1NC12CC3CC(CC(C3)C1)C2. The van der Waals surface area contributed by atoms with Gasteiger partial charge in [0.25, 0.3) is 0 Å². The summed E-state index contributed by atoms with van der Waals surface area (Å²) in [7, 11) is 0. The zero-order chi connectivity index (χ0) is 20.2. The summed E-state index contributed by atoms with van der Waals surface area (Å²) < 4.78 is 14.8. The molecular formula is C20H21BrFN5O2. The number of nitrogens with one attached hydrogen (secondary N) is 2. The summed E-state index contributed by atoms with van der Waals surface area (Å²) in [5, 5.41) is 18.1. The van der Waals surface area contributed by atoms with Gasteiger partial charge in [-0.15, -0.1) is 0 Å². The fourth-order valence-corrected chi connectivity index (χ4v) is 6.30. The predicted molar refractivity (Wildman–Crippen MR) is 111 cm³/mol. The molecule has 0 spiro atoms. The summed E-state index contributed by atoms with van der Waals surface area (Å²) in [5.74, 6) is 1.77. The first-order chi connectivity index (χ1) is 13.9. The molecular weight excluding hydrogens is 441 g/mol. The third-order valence-corrected chi connectivity index (χ3v) is 7.10. The number of halogens is 2. The van der Waals surface area contributed by atoms with Gasteiger partial charge in [0, 0.05) is 10.0 Å². The maximum Gasteiger partial charge on any atom is 0.353 e. The number of benzene rings is 1. The Morgan fingerprint density at radius 2 is 1.72 bits per heavy atom. The molecule has 152 valence electrons. The van der Waals surface area contributed by atoms with Gasteiger partial charge in [-0.05, 0) is 74.5 Å². The van der Waals surface area contributed by atoms with E-state index in [1.165, 1.54) is 37.7 Å². The molecule has 6 rings (SSSR count). The third-order valence-electron chi connectivity index (χ3n) is 6.61. The van der Waals surface area contributed by atoms with Gasteiger partial charge in [-0.3, -0.25) is 10.1 Å². The molecule has 2 N–H and O–H groups in total. The molecule has 4 saturated carbocycles. The summed E-state index contributed by atoms with van der Waals surface area (Å²) in [6.45, 7) is 0. The highest BCUT2D eigenvalue weighted by Crippen LogP contribution is 2.57. The maximum absolute atomic E-state index is 14.2. The highest BCUT2D eigenvalue weighted by molar-refractivity contribution is 9.10. The number of nitrogens with zero attached hydrogens (tertiary/aromatic N) is 3. The van der Waals surface area contributed by atoms with E-state index in [0.717, 1.165) is 19.3 Å². The van der Waals surface area contributed by atoms with E-state index in [-0.39, 0.29) is 28.5 Å². The first kappa shape index (κ1) is 18.7. The second-order valence-electron chi connectivity index (χ2n) is 8.75. The highest BCUT2D eigenvalue weighted by atomic mass is 79.9. The minimum Gasteiger partial charge on any atom is -0.359 e. The molecule has 4 bridgehead atoms. The Morgan fingerprint density at radius 1 is 1.10 bits per heavy atom. The highest BCUT2D eigenvalue weighted by Gasteiger charge is 2.51. The van der Waals surface area contributed by atoms with E-state index < -0.39 is 10.7 Å². The number of aromatic nitrogens is 2. The fourth-order valence-electron chi connectivity index (χ4n) is 5.97. The average molecular weight is 462 g/mol. The Labute approximate surface area is 175 Å². The van der Waals surface area contributed by atoms with Crippen molar-refractivity contribution in [1.82, 2.24) is 9.97 Å². The standard InChI is InChI=1S/C20H21BrFN5O2/c21-14-1-2-16(15(22)6-14)25-18-17(27(28)29)19(24-10-23-18)26-20-7-11-3-12(8-20)5-13(4-11)9-20/h1-2,6,10-13H,3-5,7-9H2,(H2,23,24,25,26). The summed E-state index contributed by atoms with van der Waals surface area (Å²) in [6.07, 6.45) is 8.22. The van der Waals surface area contributed by atoms with E-state index in [1.54, 1.807) is 6.07 Å². The van der Waals surface area contributed by atoms with Crippen LogP contribution in [0.1, 0.15) is 38.5 Å². The topological polar surface area (TPSA) is 93.0 Å². The van der Waals surface area contributed by atoms with Gasteiger partial charge < -0.3 is 10.6 Å². The van der Waals surface area contributed by atoms with Gasteiger partial charge in [0.05, 0.1) is 10.6 Å². The molecule has 1 aromatic carbocycles. The quantitative estimate of drug-likeness (QED) is 0.456. The van der Waals surface area contributed by atoms with Crippen molar-refractivity contribution < 1.29 is 9.31 Å². The molecule has 0 saturated heterocycles. The van der Waals surface area contributed by atoms with Crippen LogP contribution in [-0.4, -0.2) is 20.4 Å². The molecule has 2 aromatic rings. The average Bonchev–Trinajstić information content (AvgIpc) is 2.62. The monoisotopic (exact) mass is 461 g/mol. The van der Waals surface area contributed by atoms with Crippen molar-refractivity contribution in [3.8, 4) is 0 Å². The molecule has 0 unspecified atom stereocenters. The van der Waals surface area contributed by atoms with Crippen LogP contribution in [0.5, 0.6) is 0 Å². The van der Waals surface area contributed by atoms with Crippen molar-refractivity contribution in [1.29, 1.82) is 0 Å². The van der Waals surface area contributed by atoms with Crippen molar-refractivity contribution in [3.63, 3.8) is 0 Å². The van der Waals surface area contributed by atoms with Gasteiger partial charge in [0.1, 0.15) is 12.1 Å². The van der Waals surface area contributed by atoms with E-state index in [0.29, 0.717) is 22.2 Å². The Kier molecular flexibility index (Phi) is 4.45. The summed E-state index contributed by atoms with van der Waals surface area (Å²) in [5.41, 5.74) is -0.255. The van der Waals surface area contributed by atoms with Crippen LogP contribution in [0.2, 0.25) is 0 Å². The first-order valence-corrected chi connectivity index (χ1v) is 10.7. The summed E-state index contributed by atoms with van der Waals surface area (Å²) in [6, 6.07) is 4.47. The van der Waals surface area contributed by atoms with Crippen LogP contribution < -0.4 is 10.6 Å². The lowest BCUT2D eigenvalue weighted by Gasteiger charge is -2.57. The van der Waals surface area contributed by atoms with Gasteiger partial charge in [0.15, 0.2) is 0 Å². The number of hydrogen-bond acceptors (Lipinski definition) is 6. The number of rotatable bonds is 5. The first-order valence-electron chi connectivity index (χ1n) is 9.90. The maximum atomic E-state index is 14.2. The second kappa shape index (κ2) is 6.90. The second-order valence-corrected chi connectivity index (χ2v) is 9.66. The molecule has 0 atom stereocenters. The van der Waals surface area contributed by atoms with Crippen molar-refractivity contribution in [2.75, 3.05) is 10.6 Å². The van der Waals surface area contributed by atoms with E-state index >= 15 is 0 Å². The van der Waals surface area contributed by atoms with Crippen molar-refractivity contribution in [2.45, 2.75) is 44.1 Å². The van der Waals surface area contributed by atoms with Crippen LogP contribution in [0.25, 0.3) is 0 Å². The zero-order valence-corrected chi connectivity index (χ0v) is 17.3. The Balaban J connectivity index is 1.48. The molecule has 4 fully saturated rings. The minimum atomic E-state index is -0.525. The van der Waals surface area contributed by atoms with E-state index in [9.17, 15) is 14.5 Å². The van der Waals surface area contributed by atoms with Crippen LogP contribution in [0.4, 0.5) is 27.4 Å². The molecule has 9 heteroatoms. The van der Waals surface area contributed by atoms with Gasteiger partial charge in [-0.1, -0.05) is 15.9 Å². The molecule has 1 heterocycles. The molecule has 0 amide bonds. The minimum absolute atomic E-state index is 0.0153. The van der Waals surface area contributed by atoms with E-state index in [1.807, 2.05) is 0 Å². The van der Waals surface area contributed by atoms with Crippen LogP contribution in [0.15, 0.2) is 29.0 Å². The van der Waals surface area contributed by atoms with Crippen LogP contribution in [-0.2, 0) is 0 Å². The van der Waals surface area contributed by atoms with Gasteiger partial charge in [-0.2, -0.15) is 0 Å². The molecule has 0 aliphatic heterocycles. The van der Waals surface area contributed by atoms with Gasteiger partial charge in [0.2, 0.25) is 11.6 Å². The molecule has 0 radical (unpaired) electrons. The Morgan fingerprint density at radius 3 is 2.31 bits per heavy atom. The smallest absolute Gasteiger partial charge is 0.353 e. The lowest BCUT2D eigenvalue weighted by molar-refractivity contribution is -0.383. The van der Waals surface area contributed by atoms with Crippen molar-refractivity contribution >= 4 is 38.9 Å². The molecule has 1 aromatic heterocycles. The lowest BCUT2D eigenvalue weighted by atomic mass is 9.53. The fraction of sp³-hybridized carbons (Fsp3) is 0.500. The van der Waals surface area contributed by atoms with E-state index in [4.69, 9.17) is 0 Å². The largest absolute Gasteiger partial charge is 0.359 e. The third kappa shape index (κ3) is 3.45. The molecule has 4 aliphatic rings. The number of nitro groups is 1. The van der Waals surface area contributed by atoms with Crippen molar-refractivity contribution in [2.24, 2.45) is 17.8 Å². The number of hydrogen-bond donors (Lipinski definition) is 2. The van der Waals surface area contributed by atoms with Crippen LogP contribution >= 0.6 is 15.9 Å². The molecule has 7 nitrogen and oxygen atoms in total. The predicted octanol–water partition coefficient (Wildman–Crippen LogP) is 5.41. The Bertz CT molecular complexity index is 950. The zero-order valence-electron chi connectivity index (χ0n) is 15.7. The normalized spacial score (nSPS) is 29.7. The van der Waals surface area contributed by atoms with Gasteiger partial charge >= 0.3 is 5.69 Å². The summed E-state index contributed by atoms with van der Waals surface area (Å²) in [4.78, 5) is 19.6. The summed E-state index contributed by atoms with van der Waals surface area (Å²) >= 11 is 3.21.